The number of aromatic nitrogens is 1. The monoisotopic (exact) mass is 368 g/mol. The number of nitrogens with one attached hydrogen (secondary N) is 1. The lowest BCUT2D eigenvalue weighted by atomic mass is 10.1. The molecule has 142 valence electrons. The highest BCUT2D eigenvalue weighted by atomic mass is 16.5. The molecule has 0 unspecified atom stereocenters. The van der Waals surface area contributed by atoms with Gasteiger partial charge in [-0.3, -0.25) is 10.1 Å². The molecule has 1 aliphatic rings. The number of ether oxygens (including phenoxy) is 1. The second kappa shape index (κ2) is 8.07. The number of benzene rings is 1. The Kier molecular flexibility index (Phi) is 5.59. The van der Waals surface area contributed by atoms with Crippen molar-refractivity contribution in [2.75, 3.05) is 38.6 Å². The Bertz CT molecular complexity index is 845. The lowest BCUT2D eigenvalue weighted by Gasteiger charge is -2.34. The largest absolute Gasteiger partial charge is 0.496 e. The van der Waals surface area contributed by atoms with Gasteiger partial charge in [-0.05, 0) is 43.2 Å². The molecule has 3 rings (SSSR count). The number of hydrogen-bond acceptors (Lipinski definition) is 4. The van der Waals surface area contributed by atoms with Crippen LogP contribution in [0, 0.1) is 13.8 Å². The van der Waals surface area contributed by atoms with Gasteiger partial charge in [0.15, 0.2) is 0 Å². The lowest BCUT2D eigenvalue weighted by Crippen LogP contribution is -2.51. The van der Waals surface area contributed by atoms with E-state index in [0.717, 1.165) is 11.1 Å². The summed E-state index contributed by atoms with van der Waals surface area (Å²) in [4.78, 5) is 32.8. The van der Waals surface area contributed by atoms with Gasteiger partial charge in [0.05, 0.1) is 7.11 Å². The molecule has 2 aromatic rings. The number of aryl methyl sites for hydroxylation is 2. The van der Waals surface area contributed by atoms with Gasteiger partial charge in [0, 0.05) is 37.9 Å². The average molecular weight is 368 g/mol. The van der Waals surface area contributed by atoms with Gasteiger partial charge in [0.25, 0.3) is 5.91 Å². The van der Waals surface area contributed by atoms with Crippen LogP contribution >= 0.6 is 0 Å². The molecule has 1 aliphatic heterocycles. The van der Waals surface area contributed by atoms with Crippen molar-refractivity contribution in [3.63, 3.8) is 0 Å². The van der Waals surface area contributed by atoms with Crippen molar-refractivity contribution in [1.29, 1.82) is 0 Å². The van der Waals surface area contributed by atoms with Gasteiger partial charge in [0.1, 0.15) is 11.6 Å². The first-order chi connectivity index (χ1) is 13.0. The minimum absolute atomic E-state index is 0.0473. The van der Waals surface area contributed by atoms with Crippen LogP contribution in [0.25, 0.3) is 0 Å². The number of hydrogen-bond donors (Lipinski definition) is 1. The molecule has 7 heteroatoms. The van der Waals surface area contributed by atoms with Crippen LogP contribution in [0.3, 0.4) is 0 Å². The third-order valence-electron chi connectivity index (χ3n) is 4.74. The van der Waals surface area contributed by atoms with Crippen LogP contribution in [0.15, 0.2) is 36.5 Å². The highest BCUT2D eigenvalue weighted by Gasteiger charge is 2.25. The number of carbonyl (C=O) groups is 2. The number of piperazine rings is 1. The zero-order chi connectivity index (χ0) is 19.4. The minimum atomic E-state index is -0.194. The Morgan fingerprint density at radius 2 is 1.74 bits per heavy atom. The van der Waals surface area contributed by atoms with Gasteiger partial charge in [0.2, 0.25) is 0 Å². The predicted molar refractivity (Wildman–Crippen MR) is 103 cm³/mol. The van der Waals surface area contributed by atoms with Crippen molar-refractivity contribution < 1.29 is 14.3 Å². The fraction of sp³-hybridized carbons (Fsp3) is 0.350. The van der Waals surface area contributed by atoms with Crippen molar-refractivity contribution in [2.24, 2.45) is 0 Å². The number of methoxy groups -OCH3 is 1. The molecule has 1 fully saturated rings. The fourth-order valence-electron chi connectivity index (χ4n) is 3.05. The van der Waals surface area contributed by atoms with E-state index >= 15 is 0 Å². The van der Waals surface area contributed by atoms with Crippen molar-refractivity contribution in [1.82, 2.24) is 14.8 Å². The van der Waals surface area contributed by atoms with Crippen molar-refractivity contribution in [3.8, 4) is 5.75 Å². The first-order valence-corrected chi connectivity index (χ1v) is 8.91. The summed E-state index contributed by atoms with van der Waals surface area (Å²) < 4.78 is 5.30. The first-order valence-electron chi connectivity index (χ1n) is 8.91. The van der Waals surface area contributed by atoms with Crippen LogP contribution in [0.2, 0.25) is 0 Å². The second-order valence-corrected chi connectivity index (χ2v) is 6.56. The van der Waals surface area contributed by atoms with Crippen molar-refractivity contribution in [2.45, 2.75) is 13.8 Å². The number of pyridine rings is 1. The number of nitrogens with zero attached hydrogens (tertiary/aromatic N) is 3. The van der Waals surface area contributed by atoms with Crippen LogP contribution in [-0.4, -0.2) is 60.0 Å². The Morgan fingerprint density at radius 3 is 2.41 bits per heavy atom. The first kappa shape index (κ1) is 18.7. The predicted octanol–water partition coefficient (Wildman–Crippen LogP) is 2.70. The van der Waals surface area contributed by atoms with Gasteiger partial charge in [-0.1, -0.05) is 12.1 Å². The number of anilines is 1. The highest BCUT2D eigenvalue weighted by molar-refractivity contribution is 5.95. The van der Waals surface area contributed by atoms with Crippen LogP contribution in [0.1, 0.15) is 21.5 Å². The molecular formula is C20H24N4O3. The van der Waals surface area contributed by atoms with E-state index in [1.54, 1.807) is 29.2 Å². The summed E-state index contributed by atoms with van der Waals surface area (Å²) in [5.41, 5.74) is 2.49. The maximum atomic E-state index is 12.7. The Hall–Kier alpha value is -3.09. The van der Waals surface area contributed by atoms with Crippen molar-refractivity contribution in [3.05, 3.63) is 53.2 Å². The van der Waals surface area contributed by atoms with Gasteiger partial charge < -0.3 is 14.5 Å². The molecule has 1 saturated heterocycles. The van der Waals surface area contributed by atoms with Gasteiger partial charge >= 0.3 is 6.03 Å². The highest BCUT2D eigenvalue weighted by Crippen LogP contribution is 2.20. The van der Waals surface area contributed by atoms with Gasteiger partial charge in [-0.15, -0.1) is 0 Å². The fourth-order valence-corrected chi connectivity index (χ4v) is 3.05. The summed E-state index contributed by atoms with van der Waals surface area (Å²) >= 11 is 0. The Morgan fingerprint density at radius 1 is 1.04 bits per heavy atom. The SMILES string of the molecule is COc1cc(C(=O)N2CCN(C(=O)Nc3ncccc3C)CC2)ccc1C. The van der Waals surface area contributed by atoms with Crippen molar-refractivity contribution >= 4 is 17.8 Å². The average Bonchev–Trinajstić information content (AvgIpc) is 2.69. The molecule has 0 spiro atoms. The van der Waals surface area contributed by atoms with E-state index in [0.29, 0.717) is 43.3 Å². The van der Waals surface area contributed by atoms with E-state index in [9.17, 15) is 9.59 Å². The van der Waals surface area contributed by atoms with E-state index < -0.39 is 0 Å². The molecule has 3 amide bonds. The van der Waals surface area contributed by atoms with Crippen LogP contribution in [0.4, 0.5) is 10.6 Å². The molecule has 1 aromatic heterocycles. The maximum absolute atomic E-state index is 12.7. The molecule has 7 nitrogen and oxygen atoms in total. The molecule has 27 heavy (non-hydrogen) atoms. The van der Waals surface area contributed by atoms with Crippen LogP contribution in [0.5, 0.6) is 5.75 Å². The van der Waals surface area contributed by atoms with Gasteiger partial charge in [-0.2, -0.15) is 0 Å². The van der Waals surface area contributed by atoms with E-state index in [1.807, 2.05) is 38.1 Å². The summed E-state index contributed by atoms with van der Waals surface area (Å²) in [6.07, 6.45) is 1.65. The van der Waals surface area contributed by atoms with Crippen LogP contribution < -0.4 is 10.1 Å². The summed E-state index contributed by atoms with van der Waals surface area (Å²) in [5, 5.41) is 2.83. The molecule has 1 aromatic carbocycles. The molecule has 0 aliphatic carbocycles. The zero-order valence-corrected chi connectivity index (χ0v) is 15.9. The number of carbonyl (C=O) groups excluding carboxylic acids is 2. The summed E-state index contributed by atoms with van der Waals surface area (Å²) in [6.45, 7) is 5.77. The third kappa shape index (κ3) is 4.19. The van der Waals surface area contributed by atoms with E-state index in [1.165, 1.54) is 0 Å². The topological polar surface area (TPSA) is 74.8 Å². The summed E-state index contributed by atoms with van der Waals surface area (Å²) in [5.74, 6) is 1.21. The zero-order valence-electron chi connectivity index (χ0n) is 15.9. The standard InChI is InChI=1S/C20H24N4O3/c1-14-6-7-16(13-17(14)27-3)19(25)23-9-11-24(12-10-23)20(26)22-18-15(2)5-4-8-21-18/h4-8,13H,9-12H2,1-3H3,(H,21,22,26). The molecule has 0 radical (unpaired) electrons. The Balaban J connectivity index is 1.59. The number of amides is 3. The molecule has 0 saturated carbocycles. The van der Waals surface area contributed by atoms with Crippen LogP contribution in [-0.2, 0) is 0 Å². The smallest absolute Gasteiger partial charge is 0.323 e. The molecule has 0 bridgehead atoms. The summed E-state index contributed by atoms with van der Waals surface area (Å²) in [6, 6.07) is 8.99. The lowest BCUT2D eigenvalue weighted by molar-refractivity contribution is 0.0671. The second-order valence-electron chi connectivity index (χ2n) is 6.56. The van der Waals surface area contributed by atoms with Gasteiger partial charge in [-0.25, -0.2) is 9.78 Å². The summed E-state index contributed by atoms with van der Waals surface area (Å²) in [7, 11) is 1.59. The molecule has 2 heterocycles. The third-order valence-corrected chi connectivity index (χ3v) is 4.74. The maximum Gasteiger partial charge on any atom is 0.323 e. The van der Waals surface area contributed by atoms with E-state index in [4.69, 9.17) is 4.74 Å². The molecule has 0 atom stereocenters. The number of rotatable bonds is 3. The normalized spacial score (nSPS) is 14.0. The molecular weight excluding hydrogens is 344 g/mol. The van der Waals surface area contributed by atoms with E-state index in [2.05, 4.69) is 10.3 Å². The number of urea groups is 1. The Labute approximate surface area is 158 Å². The van der Waals surface area contributed by atoms with E-state index in [-0.39, 0.29) is 11.9 Å². The minimum Gasteiger partial charge on any atom is -0.496 e. The molecule has 1 N–H and O–H groups in total. The quantitative estimate of drug-likeness (QED) is 0.904.